The van der Waals surface area contributed by atoms with Crippen molar-refractivity contribution in [2.75, 3.05) is 6.54 Å². The Morgan fingerprint density at radius 2 is 2.18 bits per heavy atom. The average Bonchev–Trinajstić information content (AvgIpc) is 2.74. The molecule has 0 aliphatic heterocycles. The first-order valence-electron chi connectivity index (χ1n) is 5.84. The van der Waals surface area contributed by atoms with E-state index >= 15 is 0 Å². The molecule has 0 aromatic carbocycles. The standard InChI is InChI=1S/C12H15Br2NOS/c13-9-4-2-1-3-8(9)7-15-12(16)10-5-6-11(14)17-10/h5-6,8-9H,1-4,7H2,(H,15,16). The summed E-state index contributed by atoms with van der Waals surface area (Å²) in [5.41, 5.74) is 0. The fourth-order valence-corrected chi connectivity index (χ4v) is 4.22. The summed E-state index contributed by atoms with van der Waals surface area (Å²) in [7, 11) is 0. The number of halogens is 2. The predicted octanol–water partition coefficient (Wildman–Crippen LogP) is 4.19. The average molecular weight is 381 g/mol. The Bertz CT molecular complexity index is 394. The molecule has 1 amide bonds. The van der Waals surface area contributed by atoms with Crippen LogP contribution in [0.1, 0.15) is 35.4 Å². The van der Waals surface area contributed by atoms with Crippen molar-refractivity contribution in [1.82, 2.24) is 5.32 Å². The van der Waals surface area contributed by atoms with Gasteiger partial charge in [0.25, 0.3) is 5.91 Å². The zero-order valence-corrected chi connectivity index (χ0v) is 13.4. The molecule has 2 rings (SSSR count). The number of hydrogen-bond acceptors (Lipinski definition) is 2. The van der Waals surface area contributed by atoms with E-state index in [0.29, 0.717) is 10.7 Å². The van der Waals surface area contributed by atoms with E-state index in [1.807, 2.05) is 12.1 Å². The Morgan fingerprint density at radius 3 is 2.82 bits per heavy atom. The Kier molecular flexibility index (Phi) is 5.06. The van der Waals surface area contributed by atoms with Crippen LogP contribution in [0.25, 0.3) is 0 Å². The molecule has 5 heteroatoms. The Morgan fingerprint density at radius 1 is 1.41 bits per heavy atom. The molecule has 0 spiro atoms. The first-order valence-corrected chi connectivity index (χ1v) is 8.37. The highest BCUT2D eigenvalue weighted by Gasteiger charge is 2.23. The van der Waals surface area contributed by atoms with Gasteiger partial charge in [0.1, 0.15) is 0 Å². The Labute approximate surface area is 122 Å². The molecule has 1 aliphatic rings. The second kappa shape index (κ2) is 6.34. The molecule has 1 aromatic heterocycles. The van der Waals surface area contributed by atoms with Gasteiger partial charge in [0.05, 0.1) is 8.66 Å². The maximum absolute atomic E-state index is 11.9. The highest BCUT2D eigenvalue weighted by atomic mass is 79.9. The molecular weight excluding hydrogens is 366 g/mol. The van der Waals surface area contributed by atoms with Crippen molar-refractivity contribution < 1.29 is 4.79 Å². The second-order valence-corrected chi connectivity index (χ2v) is 8.01. The zero-order valence-electron chi connectivity index (χ0n) is 9.42. The third kappa shape index (κ3) is 3.80. The first kappa shape index (κ1) is 13.6. The van der Waals surface area contributed by atoms with Gasteiger partial charge >= 0.3 is 0 Å². The lowest BCUT2D eigenvalue weighted by molar-refractivity contribution is 0.0948. The minimum absolute atomic E-state index is 0.0472. The quantitative estimate of drug-likeness (QED) is 0.782. The number of carbonyl (C=O) groups excluding carboxylic acids is 1. The summed E-state index contributed by atoms with van der Waals surface area (Å²) in [5.74, 6) is 0.627. The fraction of sp³-hybridized carbons (Fsp3) is 0.583. The number of carbonyl (C=O) groups is 1. The van der Waals surface area contributed by atoms with Crippen molar-refractivity contribution in [3.8, 4) is 0 Å². The summed E-state index contributed by atoms with van der Waals surface area (Å²) in [4.78, 5) is 13.2. The van der Waals surface area contributed by atoms with E-state index in [4.69, 9.17) is 0 Å². The molecule has 2 atom stereocenters. The molecule has 0 bridgehead atoms. The lowest BCUT2D eigenvalue weighted by Gasteiger charge is -2.27. The van der Waals surface area contributed by atoms with E-state index in [9.17, 15) is 4.79 Å². The van der Waals surface area contributed by atoms with Crippen molar-refractivity contribution in [2.24, 2.45) is 5.92 Å². The number of amides is 1. The van der Waals surface area contributed by atoms with Crippen molar-refractivity contribution in [3.63, 3.8) is 0 Å². The van der Waals surface area contributed by atoms with E-state index in [2.05, 4.69) is 37.2 Å². The van der Waals surface area contributed by atoms with Gasteiger partial charge in [0, 0.05) is 11.4 Å². The summed E-state index contributed by atoms with van der Waals surface area (Å²) < 4.78 is 0.999. The molecule has 1 saturated carbocycles. The summed E-state index contributed by atoms with van der Waals surface area (Å²) in [5, 5.41) is 3.03. The SMILES string of the molecule is O=C(NCC1CCCCC1Br)c1ccc(Br)s1. The van der Waals surface area contributed by atoms with Crippen molar-refractivity contribution >= 4 is 49.1 Å². The molecule has 2 unspecified atom stereocenters. The van der Waals surface area contributed by atoms with E-state index in [1.54, 1.807) is 0 Å². The summed E-state index contributed by atoms with van der Waals surface area (Å²) in [6.45, 7) is 0.782. The van der Waals surface area contributed by atoms with Crippen LogP contribution in [0.3, 0.4) is 0 Å². The van der Waals surface area contributed by atoms with Gasteiger partial charge in [-0.1, -0.05) is 28.8 Å². The molecule has 17 heavy (non-hydrogen) atoms. The predicted molar refractivity (Wildman–Crippen MR) is 79.0 cm³/mol. The largest absolute Gasteiger partial charge is 0.351 e. The van der Waals surface area contributed by atoms with Crippen LogP contribution in [-0.4, -0.2) is 17.3 Å². The lowest BCUT2D eigenvalue weighted by Crippen LogP contribution is -2.34. The number of alkyl halides is 1. The molecule has 1 fully saturated rings. The fourth-order valence-electron chi connectivity index (χ4n) is 2.14. The van der Waals surface area contributed by atoms with Gasteiger partial charge in [0.15, 0.2) is 0 Å². The summed E-state index contributed by atoms with van der Waals surface area (Å²) >= 11 is 8.55. The van der Waals surface area contributed by atoms with E-state index in [0.717, 1.165) is 15.2 Å². The van der Waals surface area contributed by atoms with E-state index < -0.39 is 0 Å². The minimum atomic E-state index is 0.0472. The van der Waals surface area contributed by atoms with Crippen LogP contribution in [0.5, 0.6) is 0 Å². The third-order valence-electron chi connectivity index (χ3n) is 3.14. The molecule has 1 aliphatic carbocycles. The van der Waals surface area contributed by atoms with Crippen molar-refractivity contribution in [3.05, 3.63) is 20.8 Å². The molecule has 94 valence electrons. The topological polar surface area (TPSA) is 29.1 Å². The van der Waals surface area contributed by atoms with Gasteiger partial charge in [-0.25, -0.2) is 0 Å². The Hall–Kier alpha value is 0.130. The van der Waals surface area contributed by atoms with Gasteiger partial charge < -0.3 is 5.32 Å². The maximum atomic E-state index is 11.9. The van der Waals surface area contributed by atoms with Crippen LogP contribution in [0.15, 0.2) is 15.9 Å². The van der Waals surface area contributed by atoms with Crippen LogP contribution in [0.2, 0.25) is 0 Å². The first-order chi connectivity index (χ1) is 8.16. The molecule has 1 aromatic rings. The minimum Gasteiger partial charge on any atom is -0.351 e. The number of hydrogen-bond donors (Lipinski definition) is 1. The van der Waals surface area contributed by atoms with E-state index in [-0.39, 0.29) is 5.91 Å². The molecular formula is C12H15Br2NOS. The van der Waals surface area contributed by atoms with Gasteiger partial charge in [0.2, 0.25) is 0 Å². The van der Waals surface area contributed by atoms with Crippen LogP contribution >= 0.6 is 43.2 Å². The van der Waals surface area contributed by atoms with Crippen LogP contribution in [0.4, 0.5) is 0 Å². The smallest absolute Gasteiger partial charge is 0.261 e. The van der Waals surface area contributed by atoms with Crippen LogP contribution < -0.4 is 5.32 Å². The molecule has 2 nitrogen and oxygen atoms in total. The van der Waals surface area contributed by atoms with Gasteiger partial charge in [-0.3, -0.25) is 4.79 Å². The van der Waals surface area contributed by atoms with Crippen molar-refractivity contribution in [2.45, 2.75) is 30.5 Å². The highest BCUT2D eigenvalue weighted by Crippen LogP contribution is 2.29. The van der Waals surface area contributed by atoms with Gasteiger partial charge in [-0.15, -0.1) is 11.3 Å². The monoisotopic (exact) mass is 379 g/mol. The molecule has 0 radical (unpaired) electrons. The molecule has 0 saturated heterocycles. The number of rotatable bonds is 3. The van der Waals surface area contributed by atoms with Gasteiger partial charge in [-0.2, -0.15) is 0 Å². The zero-order chi connectivity index (χ0) is 12.3. The normalized spacial score (nSPS) is 24.6. The van der Waals surface area contributed by atoms with Crippen LogP contribution in [0, 0.1) is 5.92 Å². The highest BCUT2D eigenvalue weighted by molar-refractivity contribution is 9.11. The van der Waals surface area contributed by atoms with E-state index in [1.165, 1.54) is 37.0 Å². The third-order valence-corrected chi connectivity index (χ3v) is 5.97. The second-order valence-electron chi connectivity index (χ2n) is 4.37. The summed E-state index contributed by atoms with van der Waals surface area (Å²) in [6, 6.07) is 3.77. The summed E-state index contributed by atoms with van der Waals surface area (Å²) in [6.07, 6.45) is 5.03. The van der Waals surface area contributed by atoms with Crippen molar-refractivity contribution in [1.29, 1.82) is 0 Å². The lowest BCUT2D eigenvalue weighted by atomic mass is 9.89. The number of nitrogens with one attached hydrogen (secondary N) is 1. The number of thiophene rings is 1. The van der Waals surface area contributed by atoms with Gasteiger partial charge in [-0.05, 0) is 46.8 Å². The molecule has 1 heterocycles. The Balaban J connectivity index is 1.83. The van der Waals surface area contributed by atoms with Crippen LogP contribution in [-0.2, 0) is 0 Å². The maximum Gasteiger partial charge on any atom is 0.261 e. The molecule has 1 N–H and O–H groups in total.